The molecule has 2 aliphatic heterocycles. The van der Waals surface area contributed by atoms with E-state index in [1.165, 1.54) is 0 Å². The second-order valence-corrected chi connectivity index (χ2v) is 8.22. The first-order valence-electron chi connectivity index (χ1n) is 7.37. The lowest BCUT2D eigenvalue weighted by Crippen LogP contribution is -2.49. The minimum absolute atomic E-state index is 0. The van der Waals surface area contributed by atoms with Gasteiger partial charge in [-0.3, -0.25) is 0 Å². The third-order valence-electron chi connectivity index (χ3n) is 4.57. The van der Waals surface area contributed by atoms with E-state index in [9.17, 15) is 8.42 Å². The van der Waals surface area contributed by atoms with Gasteiger partial charge in [-0.1, -0.05) is 13.8 Å². The fraction of sp³-hybridized carbons (Fsp3) is 1.00. The highest BCUT2D eigenvalue weighted by Gasteiger charge is 2.31. The van der Waals surface area contributed by atoms with Crippen molar-refractivity contribution in [1.82, 2.24) is 14.3 Å². The highest BCUT2D eigenvalue weighted by Crippen LogP contribution is 2.27. The SMILES string of the molecule is CC1CCN(S(=O)(=O)NCC2(C)CCNCC2)CC1.Cl. The molecule has 0 saturated carbocycles. The van der Waals surface area contributed by atoms with Crippen LogP contribution in [0.3, 0.4) is 0 Å². The van der Waals surface area contributed by atoms with Gasteiger partial charge < -0.3 is 5.32 Å². The molecule has 2 saturated heterocycles. The summed E-state index contributed by atoms with van der Waals surface area (Å²) in [4.78, 5) is 0. The van der Waals surface area contributed by atoms with Gasteiger partial charge in [-0.2, -0.15) is 12.7 Å². The molecule has 0 aliphatic carbocycles. The van der Waals surface area contributed by atoms with Crippen LogP contribution < -0.4 is 10.0 Å². The van der Waals surface area contributed by atoms with Crippen LogP contribution in [0.15, 0.2) is 0 Å². The zero-order chi connectivity index (χ0) is 13.9. The van der Waals surface area contributed by atoms with E-state index in [1.807, 2.05) is 0 Å². The van der Waals surface area contributed by atoms with Crippen molar-refractivity contribution < 1.29 is 8.42 Å². The van der Waals surface area contributed by atoms with Crippen LogP contribution in [0.25, 0.3) is 0 Å². The average Bonchev–Trinajstić information content (AvgIpc) is 2.38. The van der Waals surface area contributed by atoms with E-state index in [2.05, 4.69) is 23.9 Å². The van der Waals surface area contributed by atoms with Crippen LogP contribution in [0.4, 0.5) is 0 Å². The van der Waals surface area contributed by atoms with Gasteiger partial charge in [0, 0.05) is 19.6 Å². The third-order valence-corrected chi connectivity index (χ3v) is 6.13. The Morgan fingerprint density at radius 2 is 1.80 bits per heavy atom. The maximum Gasteiger partial charge on any atom is 0.279 e. The Hall–Kier alpha value is 0.120. The van der Waals surface area contributed by atoms with Crippen LogP contribution in [-0.2, 0) is 10.2 Å². The normalized spacial score (nSPS) is 25.1. The molecule has 0 unspecified atom stereocenters. The summed E-state index contributed by atoms with van der Waals surface area (Å²) in [5, 5.41) is 3.32. The summed E-state index contributed by atoms with van der Waals surface area (Å²) in [6.45, 7) is 8.22. The molecule has 2 rings (SSSR count). The quantitative estimate of drug-likeness (QED) is 0.820. The zero-order valence-electron chi connectivity index (χ0n) is 12.5. The zero-order valence-corrected chi connectivity index (χ0v) is 14.2. The molecule has 2 aliphatic rings. The summed E-state index contributed by atoms with van der Waals surface area (Å²) >= 11 is 0. The van der Waals surface area contributed by atoms with E-state index in [0.29, 0.717) is 25.6 Å². The van der Waals surface area contributed by atoms with Gasteiger partial charge in [0.25, 0.3) is 10.2 Å². The highest BCUT2D eigenvalue weighted by atomic mass is 35.5. The van der Waals surface area contributed by atoms with E-state index < -0.39 is 10.2 Å². The lowest BCUT2D eigenvalue weighted by Gasteiger charge is -2.35. The molecule has 5 nitrogen and oxygen atoms in total. The Kier molecular flexibility index (Phi) is 6.73. The van der Waals surface area contributed by atoms with Crippen LogP contribution in [0, 0.1) is 11.3 Å². The van der Waals surface area contributed by atoms with Crippen molar-refractivity contribution in [1.29, 1.82) is 0 Å². The van der Waals surface area contributed by atoms with Crippen molar-refractivity contribution in [3.05, 3.63) is 0 Å². The van der Waals surface area contributed by atoms with Crippen molar-refractivity contribution in [3.63, 3.8) is 0 Å². The van der Waals surface area contributed by atoms with Crippen molar-refractivity contribution in [3.8, 4) is 0 Å². The smallest absolute Gasteiger partial charge is 0.279 e. The molecule has 0 bridgehead atoms. The molecule has 0 atom stereocenters. The Labute approximate surface area is 129 Å². The number of hydrogen-bond acceptors (Lipinski definition) is 3. The van der Waals surface area contributed by atoms with Crippen LogP contribution in [0.2, 0.25) is 0 Å². The van der Waals surface area contributed by atoms with Gasteiger partial charge in [0.05, 0.1) is 0 Å². The molecule has 7 heteroatoms. The standard InChI is InChI=1S/C13H27N3O2S.ClH/c1-12-3-9-16(10-4-12)19(17,18)15-11-13(2)5-7-14-8-6-13;/h12,14-15H,3-11H2,1-2H3;1H. The van der Waals surface area contributed by atoms with Gasteiger partial charge >= 0.3 is 0 Å². The van der Waals surface area contributed by atoms with Gasteiger partial charge in [0.15, 0.2) is 0 Å². The number of hydrogen-bond donors (Lipinski definition) is 2. The summed E-state index contributed by atoms with van der Waals surface area (Å²) in [6.07, 6.45) is 4.02. The van der Waals surface area contributed by atoms with E-state index in [4.69, 9.17) is 0 Å². The molecule has 0 radical (unpaired) electrons. The molecule has 2 heterocycles. The van der Waals surface area contributed by atoms with Crippen LogP contribution in [-0.4, -0.2) is 45.4 Å². The second kappa shape index (κ2) is 7.40. The average molecular weight is 326 g/mol. The first-order chi connectivity index (χ1) is 8.91. The van der Waals surface area contributed by atoms with Crippen molar-refractivity contribution in [2.45, 2.75) is 39.5 Å². The summed E-state index contributed by atoms with van der Waals surface area (Å²) in [7, 11) is -3.28. The molecule has 0 aromatic heterocycles. The predicted octanol–water partition coefficient (Wildman–Crippen LogP) is 1.36. The molecular formula is C13H28ClN3O2S. The highest BCUT2D eigenvalue weighted by molar-refractivity contribution is 7.87. The fourth-order valence-corrected chi connectivity index (χ4v) is 4.19. The number of piperidine rings is 2. The Morgan fingerprint density at radius 1 is 1.25 bits per heavy atom. The van der Waals surface area contributed by atoms with E-state index >= 15 is 0 Å². The number of nitrogens with zero attached hydrogens (tertiary/aromatic N) is 1. The van der Waals surface area contributed by atoms with Crippen LogP contribution >= 0.6 is 12.4 Å². The second-order valence-electron chi connectivity index (χ2n) is 6.47. The summed E-state index contributed by atoms with van der Waals surface area (Å²) in [5.41, 5.74) is 0.0986. The monoisotopic (exact) mass is 325 g/mol. The summed E-state index contributed by atoms with van der Waals surface area (Å²) < 4.78 is 29.0. The van der Waals surface area contributed by atoms with Crippen LogP contribution in [0.5, 0.6) is 0 Å². The predicted molar refractivity (Wildman–Crippen MR) is 84.4 cm³/mol. The lowest BCUT2D eigenvalue weighted by molar-refractivity contribution is 0.227. The molecule has 0 amide bonds. The van der Waals surface area contributed by atoms with E-state index in [1.54, 1.807) is 4.31 Å². The first kappa shape index (κ1) is 18.2. The molecule has 2 fully saturated rings. The number of nitrogens with one attached hydrogen (secondary N) is 2. The number of halogens is 1. The first-order valence-corrected chi connectivity index (χ1v) is 8.81. The maximum absolute atomic E-state index is 12.3. The Morgan fingerprint density at radius 3 is 2.35 bits per heavy atom. The van der Waals surface area contributed by atoms with E-state index in [0.717, 1.165) is 38.8 Å². The van der Waals surface area contributed by atoms with Gasteiger partial charge in [0.2, 0.25) is 0 Å². The Bertz CT molecular complexity index is 388. The number of rotatable bonds is 4. The van der Waals surface area contributed by atoms with Gasteiger partial charge in [0.1, 0.15) is 0 Å². The molecular weight excluding hydrogens is 298 g/mol. The van der Waals surface area contributed by atoms with Gasteiger partial charge in [-0.05, 0) is 50.1 Å². The molecule has 120 valence electrons. The molecule has 0 spiro atoms. The minimum Gasteiger partial charge on any atom is -0.317 e. The molecule has 0 aromatic carbocycles. The minimum atomic E-state index is -3.28. The molecule has 0 aromatic rings. The fourth-order valence-electron chi connectivity index (χ4n) is 2.79. The van der Waals surface area contributed by atoms with Gasteiger partial charge in [-0.15, -0.1) is 12.4 Å². The maximum atomic E-state index is 12.3. The molecule has 20 heavy (non-hydrogen) atoms. The largest absolute Gasteiger partial charge is 0.317 e. The van der Waals surface area contributed by atoms with Gasteiger partial charge in [-0.25, -0.2) is 4.72 Å². The summed E-state index contributed by atoms with van der Waals surface area (Å²) in [5.74, 6) is 0.647. The topological polar surface area (TPSA) is 61.4 Å². The van der Waals surface area contributed by atoms with E-state index in [-0.39, 0.29) is 17.8 Å². The third kappa shape index (κ3) is 4.84. The Balaban J connectivity index is 0.00000200. The summed E-state index contributed by atoms with van der Waals surface area (Å²) in [6, 6.07) is 0. The lowest BCUT2D eigenvalue weighted by atomic mass is 9.81. The van der Waals surface area contributed by atoms with Crippen LogP contribution in [0.1, 0.15) is 39.5 Å². The molecule has 2 N–H and O–H groups in total. The van der Waals surface area contributed by atoms with Crippen molar-refractivity contribution in [2.75, 3.05) is 32.7 Å². The van der Waals surface area contributed by atoms with Crippen molar-refractivity contribution in [2.24, 2.45) is 11.3 Å². The van der Waals surface area contributed by atoms with Crippen molar-refractivity contribution >= 4 is 22.6 Å².